The van der Waals surface area contributed by atoms with Crippen molar-refractivity contribution in [2.75, 3.05) is 6.61 Å². The highest BCUT2D eigenvalue weighted by molar-refractivity contribution is 6.13. The molecule has 1 N–H and O–H groups in total. The van der Waals surface area contributed by atoms with Crippen LogP contribution in [0.4, 0.5) is 0 Å². The number of nitrogens with one attached hydrogen (secondary N) is 1. The van der Waals surface area contributed by atoms with Crippen LogP contribution in [-0.2, 0) is 14.3 Å². The van der Waals surface area contributed by atoms with Gasteiger partial charge in [0.1, 0.15) is 11.3 Å². The molecule has 3 rings (SSSR count). The van der Waals surface area contributed by atoms with Crippen LogP contribution in [0.5, 0.6) is 0 Å². The Morgan fingerprint density at radius 1 is 1.18 bits per heavy atom. The van der Waals surface area contributed by atoms with E-state index in [1.165, 1.54) is 6.92 Å². The Morgan fingerprint density at radius 2 is 1.89 bits per heavy atom. The Kier molecular flexibility index (Phi) is 5.49. The molecule has 3 aromatic rings. The van der Waals surface area contributed by atoms with Crippen molar-refractivity contribution in [1.82, 2.24) is 19.9 Å². The molecule has 28 heavy (non-hydrogen) atoms. The minimum absolute atomic E-state index is 0.114. The molecule has 1 unspecified atom stereocenters. The maximum Gasteiger partial charge on any atom is 0.336 e. The Bertz CT molecular complexity index is 1040. The Hall–Kier alpha value is -3.55. The number of esters is 1. The lowest BCUT2D eigenvalue weighted by Crippen LogP contribution is -2.46. The number of pyridine rings is 1. The van der Waals surface area contributed by atoms with E-state index in [-0.39, 0.29) is 6.61 Å². The van der Waals surface area contributed by atoms with Crippen LogP contribution in [0.25, 0.3) is 16.7 Å². The molecular formula is C20H20N4O4. The molecule has 0 saturated heterocycles. The van der Waals surface area contributed by atoms with Crippen molar-refractivity contribution in [1.29, 1.82) is 0 Å². The van der Waals surface area contributed by atoms with Gasteiger partial charge in [0, 0.05) is 24.4 Å². The molecule has 0 bridgehead atoms. The number of carbonyl (C=O) groups excluding carboxylic acids is 3. The fraction of sp³-hybridized carbons (Fsp3) is 0.250. The average Bonchev–Trinajstić information content (AvgIpc) is 3.01. The summed E-state index contributed by atoms with van der Waals surface area (Å²) in [6, 6.07) is 7.23. The minimum Gasteiger partial charge on any atom is -0.464 e. The summed E-state index contributed by atoms with van der Waals surface area (Å²) < 4.78 is 6.85. The van der Waals surface area contributed by atoms with Gasteiger partial charge < -0.3 is 10.1 Å². The van der Waals surface area contributed by atoms with Gasteiger partial charge in [0.05, 0.1) is 18.3 Å². The highest BCUT2D eigenvalue weighted by Gasteiger charge is 2.29. The largest absolute Gasteiger partial charge is 0.464 e. The molecule has 0 radical (unpaired) electrons. The molecule has 8 heteroatoms. The molecule has 1 amide bonds. The minimum atomic E-state index is -1.37. The molecule has 2 heterocycles. The van der Waals surface area contributed by atoms with Crippen LogP contribution < -0.4 is 5.32 Å². The lowest BCUT2D eigenvalue weighted by Gasteiger charge is -2.15. The second kappa shape index (κ2) is 7.99. The summed E-state index contributed by atoms with van der Waals surface area (Å²) in [7, 11) is 0. The molecule has 0 aliphatic rings. The first-order valence-electron chi connectivity index (χ1n) is 8.79. The van der Waals surface area contributed by atoms with Gasteiger partial charge in [0.15, 0.2) is 11.8 Å². The lowest BCUT2D eigenvalue weighted by molar-refractivity contribution is -0.145. The first-order chi connectivity index (χ1) is 13.4. The van der Waals surface area contributed by atoms with Gasteiger partial charge in [0.25, 0.3) is 0 Å². The Morgan fingerprint density at radius 3 is 2.54 bits per heavy atom. The van der Waals surface area contributed by atoms with Crippen molar-refractivity contribution < 1.29 is 19.1 Å². The number of aromatic nitrogens is 3. The van der Waals surface area contributed by atoms with Gasteiger partial charge in [-0.3, -0.25) is 19.1 Å². The number of ketones is 1. The van der Waals surface area contributed by atoms with Crippen LogP contribution in [0.3, 0.4) is 0 Å². The number of rotatable bonds is 6. The number of carbonyl (C=O) groups is 3. The van der Waals surface area contributed by atoms with Gasteiger partial charge in [-0.25, -0.2) is 9.78 Å². The molecule has 0 saturated carbocycles. The molecule has 2 aromatic heterocycles. The van der Waals surface area contributed by atoms with Gasteiger partial charge in [-0.1, -0.05) is 0 Å². The molecule has 8 nitrogen and oxygen atoms in total. The SMILES string of the molecule is CCOC(=O)C(NC(C)=O)C(=O)c1ccc(-n2c(C)nc3cnccc32)cc1. The summed E-state index contributed by atoms with van der Waals surface area (Å²) in [5.41, 5.74) is 2.77. The predicted molar refractivity (Wildman–Crippen MR) is 102 cm³/mol. The van der Waals surface area contributed by atoms with Crippen molar-refractivity contribution in [2.24, 2.45) is 0 Å². The van der Waals surface area contributed by atoms with Crippen molar-refractivity contribution in [3.05, 3.63) is 54.1 Å². The lowest BCUT2D eigenvalue weighted by atomic mass is 10.0. The Labute approximate surface area is 161 Å². The maximum absolute atomic E-state index is 12.7. The molecule has 1 aromatic carbocycles. The van der Waals surface area contributed by atoms with Gasteiger partial charge in [-0.15, -0.1) is 0 Å². The fourth-order valence-electron chi connectivity index (χ4n) is 2.98. The van der Waals surface area contributed by atoms with Crippen LogP contribution in [0, 0.1) is 6.92 Å². The second-order valence-corrected chi connectivity index (χ2v) is 6.16. The molecule has 0 spiro atoms. The zero-order chi connectivity index (χ0) is 20.3. The van der Waals surface area contributed by atoms with Crippen LogP contribution in [-0.4, -0.2) is 44.8 Å². The van der Waals surface area contributed by atoms with E-state index in [2.05, 4.69) is 15.3 Å². The number of benzene rings is 1. The number of fused-ring (bicyclic) bond motifs is 1. The number of imidazole rings is 1. The van der Waals surface area contributed by atoms with Crippen molar-refractivity contribution in [3.8, 4) is 5.69 Å². The number of ether oxygens (including phenoxy) is 1. The third kappa shape index (κ3) is 3.75. The summed E-state index contributed by atoms with van der Waals surface area (Å²) in [5, 5.41) is 2.35. The summed E-state index contributed by atoms with van der Waals surface area (Å²) in [4.78, 5) is 44.7. The topological polar surface area (TPSA) is 103 Å². The first kappa shape index (κ1) is 19.2. The number of hydrogen-bond acceptors (Lipinski definition) is 6. The summed E-state index contributed by atoms with van der Waals surface area (Å²) in [6.45, 7) is 4.87. The average molecular weight is 380 g/mol. The second-order valence-electron chi connectivity index (χ2n) is 6.16. The molecular weight excluding hydrogens is 360 g/mol. The first-order valence-corrected chi connectivity index (χ1v) is 8.79. The van der Waals surface area contributed by atoms with Crippen molar-refractivity contribution >= 4 is 28.7 Å². The van der Waals surface area contributed by atoms with E-state index in [4.69, 9.17) is 4.74 Å². The third-order valence-electron chi connectivity index (χ3n) is 4.17. The molecule has 1 atom stereocenters. The van der Waals surface area contributed by atoms with E-state index >= 15 is 0 Å². The number of aryl methyl sites for hydroxylation is 1. The molecule has 0 fully saturated rings. The maximum atomic E-state index is 12.7. The van der Waals surface area contributed by atoms with Crippen LogP contribution in [0.15, 0.2) is 42.7 Å². The smallest absolute Gasteiger partial charge is 0.336 e. The summed E-state index contributed by atoms with van der Waals surface area (Å²) in [5.74, 6) is -1.02. The normalized spacial score (nSPS) is 11.8. The van der Waals surface area contributed by atoms with Crippen LogP contribution in [0.1, 0.15) is 30.0 Å². The third-order valence-corrected chi connectivity index (χ3v) is 4.17. The van der Waals surface area contributed by atoms with E-state index < -0.39 is 23.7 Å². The van der Waals surface area contributed by atoms with E-state index in [1.807, 2.05) is 17.6 Å². The molecule has 144 valence electrons. The zero-order valence-corrected chi connectivity index (χ0v) is 15.8. The van der Waals surface area contributed by atoms with E-state index in [0.717, 1.165) is 22.5 Å². The summed E-state index contributed by atoms with van der Waals surface area (Å²) in [6.07, 6.45) is 3.38. The van der Waals surface area contributed by atoms with E-state index in [0.29, 0.717) is 5.56 Å². The number of amides is 1. The van der Waals surface area contributed by atoms with Crippen LogP contribution in [0.2, 0.25) is 0 Å². The highest BCUT2D eigenvalue weighted by atomic mass is 16.5. The predicted octanol–water partition coefficient (Wildman–Crippen LogP) is 1.98. The monoisotopic (exact) mass is 380 g/mol. The van der Waals surface area contributed by atoms with E-state index in [1.54, 1.807) is 43.6 Å². The summed E-state index contributed by atoms with van der Waals surface area (Å²) >= 11 is 0. The van der Waals surface area contributed by atoms with Gasteiger partial charge in [-0.2, -0.15) is 0 Å². The van der Waals surface area contributed by atoms with Crippen molar-refractivity contribution in [3.63, 3.8) is 0 Å². The quantitative estimate of drug-likeness (QED) is 0.398. The number of nitrogens with zero attached hydrogens (tertiary/aromatic N) is 3. The highest BCUT2D eigenvalue weighted by Crippen LogP contribution is 2.21. The van der Waals surface area contributed by atoms with Gasteiger partial charge in [-0.05, 0) is 44.2 Å². The van der Waals surface area contributed by atoms with Crippen molar-refractivity contribution in [2.45, 2.75) is 26.8 Å². The number of hydrogen-bond donors (Lipinski definition) is 1. The molecule has 0 aliphatic carbocycles. The van der Waals surface area contributed by atoms with Crippen LogP contribution >= 0.6 is 0 Å². The van der Waals surface area contributed by atoms with E-state index in [9.17, 15) is 14.4 Å². The zero-order valence-electron chi connectivity index (χ0n) is 15.8. The van der Waals surface area contributed by atoms with Gasteiger partial charge >= 0.3 is 5.97 Å². The molecule has 0 aliphatic heterocycles. The standard InChI is InChI=1S/C20H20N4O4/c1-4-28-20(27)18(23-13(3)25)19(26)14-5-7-15(8-6-14)24-12(2)22-16-11-21-10-9-17(16)24/h5-11,18H,4H2,1-3H3,(H,23,25). The fourth-order valence-corrected chi connectivity index (χ4v) is 2.98. The number of Topliss-reactive ketones (excluding diaryl/α,β-unsaturated/α-hetero) is 1. The Balaban J connectivity index is 1.92. The van der Waals surface area contributed by atoms with Gasteiger partial charge in [0.2, 0.25) is 5.91 Å².